The van der Waals surface area contributed by atoms with Crippen molar-refractivity contribution in [3.05, 3.63) is 46.8 Å². The van der Waals surface area contributed by atoms with Crippen molar-refractivity contribution in [2.24, 2.45) is 5.92 Å². The zero-order valence-electron chi connectivity index (χ0n) is 17.0. The molecule has 5 nitrogen and oxygen atoms in total. The average molecular weight is 357 g/mol. The Morgan fingerprint density at radius 3 is 2.65 bits per heavy atom. The van der Waals surface area contributed by atoms with Gasteiger partial charge in [-0.15, -0.1) is 0 Å². The molecule has 5 heteroatoms. The molecule has 0 atom stereocenters. The second kappa shape index (κ2) is 8.99. The smallest absolute Gasteiger partial charge is 0.224 e. The first-order valence-corrected chi connectivity index (χ1v) is 9.32. The van der Waals surface area contributed by atoms with Gasteiger partial charge in [0, 0.05) is 30.9 Å². The second-order valence-corrected chi connectivity index (χ2v) is 7.71. The highest BCUT2D eigenvalue weighted by Crippen LogP contribution is 2.17. The van der Waals surface area contributed by atoms with Crippen molar-refractivity contribution in [3.8, 4) is 0 Å². The maximum atomic E-state index is 12.4. The molecule has 0 aliphatic rings. The van der Waals surface area contributed by atoms with Crippen LogP contribution in [0.15, 0.2) is 24.3 Å². The normalized spacial score (nSPS) is 11.4. The highest BCUT2D eigenvalue weighted by molar-refractivity contribution is 5.90. The van der Waals surface area contributed by atoms with Crippen LogP contribution in [0.4, 0.5) is 5.69 Å². The van der Waals surface area contributed by atoms with Gasteiger partial charge in [0.2, 0.25) is 5.91 Å². The van der Waals surface area contributed by atoms with Crippen molar-refractivity contribution in [1.82, 2.24) is 14.7 Å². The third kappa shape index (κ3) is 5.70. The number of aromatic nitrogens is 2. The monoisotopic (exact) mass is 356 g/mol. The Morgan fingerprint density at radius 2 is 2.00 bits per heavy atom. The minimum atomic E-state index is 0.0439. The van der Waals surface area contributed by atoms with E-state index in [4.69, 9.17) is 0 Å². The van der Waals surface area contributed by atoms with Crippen molar-refractivity contribution in [1.29, 1.82) is 0 Å². The van der Waals surface area contributed by atoms with Crippen LogP contribution < -0.4 is 5.32 Å². The number of nitrogens with zero attached hydrogens (tertiary/aromatic N) is 3. The molecule has 2 aromatic rings. The Morgan fingerprint density at radius 1 is 1.27 bits per heavy atom. The molecule has 1 aromatic heterocycles. The van der Waals surface area contributed by atoms with E-state index < -0.39 is 0 Å². The van der Waals surface area contributed by atoms with E-state index >= 15 is 0 Å². The van der Waals surface area contributed by atoms with E-state index in [2.05, 4.69) is 46.8 Å². The van der Waals surface area contributed by atoms with Crippen molar-refractivity contribution in [3.63, 3.8) is 0 Å². The van der Waals surface area contributed by atoms with E-state index in [1.54, 1.807) is 0 Å². The van der Waals surface area contributed by atoms with Gasteiger partial charge in [-0.1, -0.05) is 26.0 Å². The van der Waals surface area contributed by atoms with E-state index in [0.29, 0.717) is 12.3 Å². The lowest BCUT2D eigenvalue weighted by molar-refractivity contribution is -0.116. The molecule has 1 heterocycles. The van der Waals surface area contributed by atoms with Gasteiger partial charge in [-0.05, 0) is 63.5 Å². The van der Waals surface area contributed by atoms with Crippen molar-refractivity contribution in [2.45, 2.75) is 53.6 Å². The summed E-state index contributed by atoms with van der Waals surface area (Å²) in [6.07, 6.45) is 1.19. The molecule has 0 aliphatic heterocycles. The zero-order valence-corrected chi connectivity index (χ0v) is 17.0. The fourth-order valence-electron chi connectivity index (χ4n) is 3.19. The molecule has 142 valence electrons. The van der Waals surface area contributed by atoms with Crippen molar-refractivity contribution < 1.29 is 4.79 Å². The molecule has 0 aliphatic carbocycles. The van der Waals surface area contributed by atoms with Crippen LogP contribution in [0.1, 0.15) is 42.8 Å². The van der Waals surface area contributed by atoms with Gasteiger partial charge in [0.1, 0.15) is 0 Å². The molecular formula is C21H32N4O. The number of rotatable bonds is 8. The molecule has 0 saturated heterocycles. The molecule has 0 unspecified atom stereocenters. The quantitative estimate of drug-likeness (QED) is 0.783. The fraction of sp³-hybridized carbons (Fsp3) is 0.524. The van der Waals surface area contributed by atoms with E-state index in [0.717, 1.165) is 30.9 Å². The van der Waals surface area contributed by atoms with Gasteiger partial charge in [0.05, 0.1) is 5.69 Å². The molecule has 0 saturated carbocycles. The molecule has 0 spiro atoms. The lowest BCUT2D eigenvalue weighted by atomic mass is 10.1. The standard InChI is InChI=1S/C21H32N4O/c1-15(2)13-25-17(4)20(16(3)23-25)10-11-21(26)22-19-9-7-8-18(12-19)14-24(5)6/h7-9,12,15H,10-11,13-14H2,1-6H3,(H,22,26). The molecule has 2 rings (SSSR count). The van der Waals surface area contributed by atoms with Crippen LogP contribution in [-0.4, -0.2) is 34.7 Å². The maximum Gasteiger partial charge on any atom is 0.224 e. The van der Waals surface area contributed by atoms with E-state index in [-0.39, 0.29) is 5.91 Å². The molecule has 1 amide bonds. The number of carbonyl (C=O) groups excluding carboxylic acids is 1. The van der Waals surface area contributed by atoms with E-state index in [1.807, 2.05) is 39.2 Å². The van der Waals surface area contributed by atoms with Crippen molar-refractivity contribution >= 4 is 11.6 Å². The summed E-state index contributed by atoms with van der Waals surface area (Å²) in [6, 6.07) is 8.04. The highest BCUT2D eigenvalue weighted by Gasteiger charge is 2.14. The summed E-state index contributed by atoms with van der Waals surface area (Å²) in [5.74, 6) is 0.598. The summed E-state index contributed by atoms with van der Waals surface area (Å²) in [7, 11) is 4.07. The molecular weight excluding hydrogens is 324 g/mol. The first-order chi connectivity index (χ1) is 12.3. The summed E-state index contributed by atoms with van der Waals surface area (Å²) in [5.41, 5.74) is 5.45. The van der Waals surface area contributed by atoms with Gasteiger partial charge in [-0.2, -0.15) is 5.10 Å². The third-order valence-electron chi connectivity index (χ3n) is 4.38. The predicted octanol–water partition coefficient (Wildman–Crippen LogP) is 3.79. The molecule has 1 N–H and O–H groups in total. The minimum Gasteiger partial charge on any atom is -0.326 e. The molecule has 0 bridgehead atoms. The summed E-state index contributed by atoms with van der Waals surface area (Å²) in [4.78, 5) is 14.5. The number of nitrogens with one attached hydrogen (secondary N) is 1. The van der Waals surface area contributed by atoms with E-state index in [1.165, 1.54) is 16.8 Å². The number of anilines is 1. The van der Waals surface area contributed by atoms with Crippen molar-refractivity contribution in [2.75, 3.05) is 19.4 Å². The lowest BCUT2D eigenvalue weighted by Crippen LogP contribution is -2.14. The highest BCUT2D eigenvalue weighted by atomic mass is 16.1. The molecule has 1 aromatic carbocycles. The van der Waals surface area contributed by atoms with Crippen LogP contribution in [-0.2, 0) is 24.3 Å². The van der Waals surface area contributed by atoms with Crippen LogP contribution in [0.3, 0.4) is 0 Å². The van der Waals surface area contributed by atoms with Crippen LogP contribution in [0.5, 0.6) is 0 Å². The van der Waals surface area contributed by atoms with Gasteiger partial charge >= 0.3 is 0 Å². The topological polar surface area (TPSA) is 50.2 Å². The number of benzene rings is 1. The SMILES string of the molecule is Cc1nn(CC(C)C)c(C)c1CCC(=O)Nc1cccc(CN(C)C)c1. The van der Waals surface area contributed by atoms with Crippen LogP contribution in [0.2, 0.25) is 0 Å². The fourth-order valence-corrected chi connectivity index (χ4v) is 3.19. The van der Waals surface area contributed by atoms with Gasteiger partial charge in [0.25, 0.3) is 0 Å². The number of hydrogen-bond acceptors (Lipinski definition) is 3. The minimum absolute atomic E-state index is 0.0439. The Bertz CT molecular complexity index is 746. The summed E-state index contributed by atoms with van der Waals surface area (Å²) in [5, 5.41) is 7.65. The predicted molar refractivity (Wildman–Crippen MR) is 107 cm³/mol. The van der Waals surface area contributed by atoms with Gasteiger partial charge < -0.3 is 10.2 Å². The average Bonchev–Trinajstić information content (AvgIpc) is 2.78. The van der Waals surface area contributed by atoms with Gasteiger partial charge in [-0.25, -0.2) is 0 Å². The van der Waals surface area contributed by atoms with Crippen LogP contribution >= 0.6 is 0 Å². The Kier molecular flexibility index (Phi) is 6.98. The third-order valence-corrected chi connectivity index (χ3v) is 4.38. The maximum absolute atomic E-state index is 12.4. The van der Waals surface area contributed by atoms with Gasteiger partial charge in [-0.3, -0.25) is 9.48 Å². The number of aryl methyl sites for hydroxylation is 1. The first-order valence-electron chi connectivity index (χ1n) is 9.32. The second-order valence-electron chi connectivity index (χ2n) is 7.71. The molecule has 0 radical (unpaired) electrons. The Labute approximate surface area is 157 Å². The number of carbonyl (C=O) groups is 1. The summed E-state index contributed by atoms with van der Waals surface area (Å²) >= 11 is 0. The Hall–Kier alpha value is -2.14. The first kappa shape index (κ1) is 20.2. The molecule has 0 fully saturated rings. The number of hydrogen-bond donors (Lipinski definition) is 1. The van der Waals surface area contributed by atoms with Crippen LogP contribution in [0, 0.1) is 19.8 Å². The van der Waals surface area contributed by atoms with Crippen LogP contribution in [0.25, 0.3) is 0 Å². The Balaban J connectivity index is 1.96. The van der Waals surface area contributed by atoms with Gasteiger partial charge in [0.15, 0.2) is 0 Å². The summed E-state index contributed by atoms with van der Waals surface area (Å²) < 4.78 is 2.07. The molecule has 26 heavy (non-hydrogen) atoms. The summed E-state index contributed by atoms with van der Waals surface area (Å²) in [6.45, 7) is 10.3. The number of amides is 1. The zero-order chi connectivity index (χ0) is 19.3. The largest absolute Gasteiger partial charge is 0.326 e. The van der Waals surface area contributed by atoms with E-state index in [9.17, 15) is 4.79 Å². The lowest BCUT2D eigenvalue weighted by Gasteiger charge is -2.11.